The van der Waals surface area contributed by atoms with E-state index in [9.17, 15) is 4.39 Å². The van der Waals surface area contributed by atoms with E-state index in [4.69, 9.17) is 5.11 Å². The van der Waals surface area contributed by atoms with Crippen molar-refractivity contribution in [3.05, 3.63) is 35.1 Å². The van der Waals surface area contributed by atoms with Gasteiger partial charge in [0.05, 0.1) is 6.61 Å². The van der Waals surface area contributed by atoms with Crippen LogP contribution in [-0.4, -0.2) is 11.7 Å². The van der Waals surface area contributed by atoms with Crippen LogP contribution in [0.1, 0.15) is 25.0 Å². The monoisotopic (exact) mass is 182 g/mol. The molecule has 1 rings (SSSR count). The van der Waals surface area contributed by atoms with Gasteiger partial charge in [-0.25, -0.2) is 4.39 Å². The van der Waals surface area contributed by atoms with E-state index >= 15 is 0 Å². The number of halogens is 1. The first-order valence-electron chi connectivity index (χ1n) is 4.35. The highest BCUT2D eigenvalue weighted by Gasteiger charge is 2.19. The average Bonchev–Trinajstić information content (AvgIpc) is 2.09. The summed E-state index contributed by atoms with van der Waals surface area (Å²) in [6, 6.07) is 4.95. The molecule has 0 aliphatic rings. The van der Waals surface area contributed by atoms with Gasteiger partial charge in [0.25, 0.3) is 0 Å². The van der Waals surface area contributed by atoms with Crippen LogP contribution in [0.4, 0.5) is 4.39 Å². The minimum atomic E-state index is -0.293. The van der Waals surface area contributed by atoms with Crippen molar-refractivity contribution in [3.8, 4) is 0 Å². The van der Waals surface area contributed by atoms with Crippen LogP contribution in [-0.2, 0) is 5.41 Å². The van der Waals surface area contributed by atoms with Crippen LogP contribution in [0.2, 0.25) is 0 Å². The van der Waals surface area contributed by atoms with Gasteiger partial charge in [0.15, 0.2) is 0 Å². The third-order valence-corrected chi connectivity index (χ3v) is 2.33. The van der Waals surface area contributed by atoms with Crippen LogP contribution in [0, 0.1) is 12.7 Å². The summed E-state index contributed by atoms with van der Waals surface area (Å²) in [6.07, 6.45) is 0. The number of aliphatic hydroxyl groups excluding tert-OH is 1. The molecule has 0 amide bonds. The van der Waals surface area contributed by atoms with Gasteiger partial charge in [-0.05, 0) is 24.1 Å². The van der Waals surface area contributed by atoms with Gasteiger partial charge in [-0.3, -0.25) is 0 Å². The van der Waals surface area contributed by atoms with Gasteiger partial charge in [-0.15, -0.1) is 0 Å². The van der Waals surface area contributed by atoms with Crippen molar-refractivity contribution in [2.45, 2.75) is 26.2 Å². The van der Waals surface area contributed by atoms with Crippen molar-refractivity contribution in [2.24, 2.45) is 0 Å². The van der Waals surface area contributed by atoms with Crippen molar-refractivity contribution in [1.29, 1.82) is 0 Å². The zero-order valence-corrected chi connectivity index (χ0v) is 8.26. The molecule has 0 bridgehead atoms. The van der Waals surface area contributed by atoms with E-state index in [2.05, 4.69) is 0 Å². The summed E-state index contributed by atoms with van der Waals surface area (Å²) in [6.45, 7) is 5.66. The predicted octanol–water partition coefficient (Wildman–Crippen LogP) is 2.40. The first kappa shape index (κ1) is 10.2. The Morgan fingerprint density at radius 2 is 2.00 bits per heavy atom. The maximum Gasteiger partial charge on any atom is 0.126 e. The zero-order valence-electron chi connectivity index (χ0n) is 8.26. The molecule has 0 saturated heterocycles. The van der Waals surface area contributed by atoms with Crippen LogP contribution in [0.25, 0.3) is 0 Å². The molecule has 13 heavy (non-hydrogen) atoms. The highest BCUT2D eigenvalue weighted by atomic mass is 19.1. The molecule has 0 aliphatic heterocycles. The molecule has 1 aromatic carbocycles. The Balaban J connectivity index is 3.10. The molecule has 1 nitrogen and oxygen atoms in total. The fraction of sp³-hybridized carbons (Fsp3) is 0.455. The Hall–Kier alpha value is -0.890. The Labute approximate surface area is 78.2 Å². The van der Waals surface area contributed by atoms with Gasteiger partial charge in [-0.1, -0.05) is 26.0 Å². The lowest BCUT2D eigenvalue weighted by atomic mass is 9.85. The first-order chi connectivity index (χ1) is 5.97. The van der Waals surface area contributed by atoms with E-state index in [1.165, 1.54) is 6.07 Å². The smallest absolute Gasteiger partial charge is 0.126 e. The van der Waals surface area contributed by atoms with Gasteiger partial charge in [0.2, 0.25) is 0 Å². The SMILES string of the molecule is Cc1cc(C(C)(C)CO)ccc1F. The second-order valence-electron chi connectivity index (χ2n) is 4.01. The Morgan fingerprint density at radius 3 is 2.46 bits per heavy atom. The molecular formula is C11H15FO. The minimum Gasteiger partial charge on any atom is -0.395 e. The number of benzene rings is 1. The molecule has 0 aliphatic carbocycles. The summed E-state index contributed by atoms with van der Waals surface area (Å²) in [5.41, 5.74) is 1.30. The van der Waals surface area contributed by atoms with Gasteiger partial charge in [-0.2, -0.15) is 0 Å². The fourth-order valence-electron chi connectivity index (χ4n) is 1.16. The van der Waals surface area contributed by atoms with Gasteiger partial charge >= 0.3 is 0 Å². The second-order valence-corrected chi connectivity index (χ2v) is 4.01. The van der Waals surface area contributed by atoms with Crippen molar-refractivity contribution in [1.82, 2.24) is 0 Å². The summed E-state index contributed by atoms with van der Waals surface area (Å²) < 4.78 is 12.9. The molecule has 72 valence electrons. The molecule has 0 unspecified atom stereocenters. The normalized spacial score (nSPS) is 11.8. The Kier molecular flexibility index (Phi) is 2.71. The van der Waals surface area contributed by atoms with Crippen LogP contribution < -0.4 is 0 Å². The summed E-state index contributed by atoms with van der Waals surface area (Å²) >= 11 is 0. The third kappa shape index (κ3) is 2.07. The molecule has 1 N–H and O–H groups in total. The van der Waals surface area contributed by atoms with Crippen molar-refractivity contribution in [2.75, 3.05) is 6.61 Å². The molecule has 0 spiro atoms. The Bertz CT molecular complexity index is 305. The molecule has 2 heteroatoms. The molecule has 0 fully saturated rings. The van der Waals surface area contributed by atoms with Crippen LogP contribution in [0.5, 0.6) is 0 Å². The predicted molar refractivity (Wildman–Crippen MR) is 51.2 cm³/mol. The summed E-state index contributed by atoms with van der Waals surface area (Å²) in [4.78, 5) is 0. The largest absolute Gasteiger partial charge is 0.395 e. The molecule has 0 aromatic heterocycles. The van der Waals surface area contributed by atoms with E-state index in [0.717, 1.165) is 5.56 Å². The van der Waals surface area contributed by atoms with E-state index in [1.807, 2.05) is 13.8 Å². The summed E-state index contributed by atoms with van der Waals surface area (Å²) in [5.74, 6) is -0.197. The topological polar surface area (TPSA) is 20.2 Å². The molecule has 0 atom stereocenters. The maximum absolute atomic E-state index is 12.9. The van der Waals surface area contributed by atoms with Crippen molar-refractivity contribution in [3.63, 3.8) is 0 Å². The van der Waals surface area contributed by atoms with Crippen molar-refractivity contribution >= 4 is 0 Å². The van der Waals surface area contributed by atoms with E-state index < -0.39 is 0 Å². The summed E-state index contributed by atoms with van der Waals surface area (Å²) in [5, 5.41) is 9.11. The standard InChI is InChI=1S/C11H15FO/c1-8-6-9(4-5-10(8)12)11(2,3)7-13/h4-6,13H,7H2,1-3H3. The molecule has 0 radical (unpaired) electrons. The maximum atomic E-state index is 12.9. The number of aryl methyl sites for hydroxylation is 1. The lowest BCUT2D eigenvalue weighted by molar-refractivity contribution is 0.218. The highest BCUT2D eigenvalue weighted by Crippen LogP contribution is 2.23. The van der Waals surface area contributed by atoms with Crippen LogP contribution >= 0.6 is 0 Å². The van der Waals surface area contributed by atoms with E-state index in [-0.39, 0.29) is 17.8 Å². The minimum absolute atomic E-state index is 0.0675. The van der Waals surface area contributed by atoms with Gasteiger partial charge in [0, 0.05) is 5.41 Å². The zero-order chi connectivity index (χ0) is 10.1. The molecule has 1 aromatic rings. The fourth-order valence-corrected chi connectivity index (χ4v) is 1.16. The highest BCUT2D eigenvalue weighted by molar-refractivity contribution is 5.29. The molecule has 0 saturated carbocycles. The van der Waals surface area contributed by atoms with E-state index in [0.29, 0.717) is 5.56 Å². The summed E-state index contributed by atoms with van der Waals surface area (Å²) in [7, 11) is 0. The lowest BCUT2D eigenvalue weighted by Crippen LogP contribution is -2.22. The average molecular weight is 182 g/mol. The van der Waals surface area contributed by atoms with Crippen molar-refractivity contribution < 1.29 is 9.50 Å². The quantitative estimate of drug-likeness (QED) is 0.744. The second kappa shape index (κ2) is 3.46. The van der Waals surface area contributed by atoms with E-state index in [1.54, 1.807) is 19.1 Å². The lowest BCUT2D eigenvalue weighted by Gasteiger charge is -2.22. The van der Waals surface area contributed by atoms with Gasteiger partial charge < -0.3 is 5.11 Å². The third-order valence-electron chi connectivity index (χ3n) is 2.33. The number of aliphatic hydroxyl groups is 1. The van der Waals surface area contributed by atoms with Crippen LogP contribution in [0.15, 0.2) is 18.2 Å². The number of hydrogen-bond acceptors (Lipinski definition) is 1. The van der Waals surface area contributed by atoms with Gasteiger partial charge in [0.1, 0.15) is 5.82 Å². The van der Waals surface area contributed by atoms with Crippen LogP contribution in [0.3, 0.4) is 0 Å². The first-order valence-corrected chi connectivity index (χ1v) is 4.35. The molecule has 0 heterocycles. The molecular weight excluding hydrogens is 167 g/mol. The Morgan fingerprint density at radius 1 is 1.38 bits per heavy atom. The number of rotatable bonds is 2. The number of hydrogen-bond donors (Lipinski definition) is 1.